The fraction of sp³-hybridized carbons (Fsp3) is 0.300. The van der Waals surface area contributed by atoms with Crippen molar-refractivity contribution in [2.24, 2.45) is 0 Å². The topological polar surface area (TPSA) is 61.4 Å². The molecule has 7 heteroatoms. The predicted octanol–water partition coefficient (Wildman–Crippen LogP) is 3.44. The quantitative estimate of drug-likeness (QED) is 0.795. The molecule has 0 saturated carbocycles. The minimum atomic E-state index is -0.429. The number of rotatable bonds is 6. The minimum absolute atomic E-state index is 0.0247. The zero-order valence-electron chi connectivity index (χ0n) is 14.8. The van der Waals surface area contributed by atoms with Crippen LogP contribution in [-0.4, -0.2) is 36.3 Å². The number of nitrogens with zero attached hydrogens (tertiary/aromatic N) is 1. The number of hydrogen-bond donors (Lipinski definition) is 2. The standard InChI is InChI=1S/C20H21ClFN3O2/c21-17-11-16(22)7-8-18(17)23-13-19(26)24-12-14-3-5-15(6-4-14)20(27)25-9-1-2-10-25/h3-8,11,23H,1-2,9-10,12-13H2,(H,24,26). The Morgan fingerprint density at radius 3 is 2.44 bits per heavy atom. The highest BCUT2D eigenvalue weighted by molar-refractivity contribution is 6.33. The van der Waals surface area contributed by atoms with E-state index in [4.69, 9.17) is 11.6 Å². The Labute approximate surface area is 162 Å². The lowest BCUT2D eigenvalue weighted by molar-refractivity contribution is -0.119. The van der Waals surface area contributed by atoms with Crippen LogP contribution in [-0.2, 0) is 11.3 Å². The van der Waals surface area contributed by atoms with E-state index in [0.29, 0.717) is 17.8 Å². The van der Waals surface area contributed by atoms with E-state index in [0.717, 1.165) is 31.5 Å². The molecule has 1 fully saturated rings. The van der Waals surface area contributed by atoms with E-state index in [1.54, 1.807) is 12.1 Å². The third kappa shape index (κ3) is 5.20. The van der Waals surface area contributed by atoms with Gasteiger partial charge in [-0.2, -0.15) is 0 Å². The second-order valence-corrected chi connectivity index (χ2v) is 6.86. The third-order valence-corrected chi connectivity index (χ3v) is 4.77. The molecule has 1 aliphatic rings. The van der Waals surface area contributed by atoms with Crippen LogP contribution in [0.2, 0.25) is 5.02 Å². The molecule has 0 atom stereocenters. The summed E-state index contributed by atoms with van der Waals surface area (Å²) in [6.07, 6.45) is 2.13. The summed E-state index contributed by atoms with van der Waals surface area (Å²) in [6, 6.07) is 11.2. The molecule has 1 heterocycles. The fourth-order valence-electron chi connectivity index (χ4n) is 2.94. The summed E-state index contributed by atoms with van der Waals surface area (Å²) in [5.41, 5.74) is 2.07. The Bertz CT molecular complexity index is 820. The van der Waals surface area contributed by atoms with Gasteiger partial charge in [-0.25, -0.2) is 4.39 Å². The average Bonchev–Trinajstić information content (AvgIpc) is 3.20. The van der Waals surface area contributed by atoms with Crippen molar-refractivity contribution in [2.45, 2.75) is 19.4 Å². The molecule has 5 nitrogen and oxygen atoms in total. The molecule has 3 rings (SSSR count). The van der Waals surface area contributed by atoms with Crippen LogP contribution in [0.4, 0.5) is 10.1 Å². The van der Waals surface area contributed by atoms with Crippen molar-refractivity contribution in [1.29, 1.82) is 0 Å². The largest absolute Gasteiger partial charge is 0.375 e. The van der Waals surface area contributed by atoms with Gasteiger partial charge < -0.3 is 15.5 Å². The Hall–Kier alpha value is -2.60. The van der Waals surface area contributed by atoms with Gasteiger partial charge in [0.25, 0.3) is 5.91 Å². The number of benzene rings is 2. The average molecular weight is 390 g/mol. The van der Waals surface area contributed by atoms with E-state index in [9.17, 15) is 14.0 Å². The fourth-order valence-corrected chi connectivity index (χ4v) is 3.17. The first kappa shape index (κ1) is 19.2. The summed E-state index contributed by atoms with van der Waals surface area (Å²) in [6.45, 7) is 2.02. The molecule has 1 aliphatic heterocycles. The van der Waals surface area contributed by atoms with E-state index in [1.807, 2.05) is 17.0 Å². The van der Waals surface area contributed by atoms with E-state index >= 15 is 0 Å². The molecule has 2 aromatic rings. The molecule has 0 bridgehead atoms. The van der Waals surface area contributed by atoms with Gasteiger partial charge in [-0.1, -0.05) is 23.7 Å². The van der Waals surface area contributed by atoms with Crippen molar-refractivity contribution in [3.05, 3.63) is 64.4 Å². The predicted molar refractivity (Wildman–Crippen MR) is 103 cm³/mol. The maximum absolute atomic E-state index is 13.0. The van der Waals surface area contributed by atoms with E-state index in [1.165, 1.54) is 18.2 Å². The van der Waals surface area contributed by atoms with Crippen molar-refractivity contribution in [1.82, 2.24) is 10.2 Å². The zero-order chi connectivity index (χ0) is 19.2. The molecular formula is C20H21ClFN3O2. The van der Waals surface area contributed by atoms with Gasteiger partial charge in [0.2, 0.25) is 5.91 Å². The molecule has 0 spiro atoms. The van der Waals surface area contributed by atoms with Crippen molar-refractivity contribution in [2.75, 3.05) is 25.0 Å². The molecule has 0 aliphatic carbocycles. The normalized spacial score (nSPS) is 13.5. The Balaban J connectivity index is 1.46. The second kappa shape index (κ2) is 8.86. The lowest BCUT2D eigenvalue weighted by Crippen LogP contribution is -2.29. The van der Waals surface area contributed by atoms with Crippen molar-refractivity contribution in [3.63, 3.8) is 0 Å². The summed E-state index contributed by atoms with van der Waals surface area (Å²) >= 11 is 5.91. The van der Waals surface area contributed by atoms with Crippen LogP contribution in [0.15, 0.2) is 42.5 Å². The first-order valence-electron chi connectivity index (χ1n) is 8.87. The van der Waals surface area contributed by atoms with Crippen molar-refractivity contribution >= 4 is 29.1 Å². The first-order chi connectivity index (χ1) is 13.0. The van der Waals surface area contributed by atoms with Crippen LogP contribution in [0, 0.1) is 5.82 Å². The summed E-state index contributed by atoms with van der Waals surface area (Å²) < 4.78 is 13.0. The second-order valence-electron chi connectivity index (χ2n) is 6.45. The van der Waals surface area contributed by atoms with Gasteiger partial charge >= 0.3 is 0 Å². The molecule has 2 amide bonds. The summed E-state index contributed by atoms with van der Waals surface area (Å²) in [4.78, 5) is 26.1. The van der Waals surface area contributed by atoms with Gasteiger partial charge in [0.1, 0.15) is 5.82 Å². The molecule has 27 heavy (non-hydrogen) atoms. The highest BCUT2D eigenvalue weighted by Gasteiger charge is 2.19. The van der Waals surface area contributed by atoms with E-state index in [2.05, 4.69) is 10.6 Å². The highest BCUT2D eigenvalue weighted by Crippen LogP contribution is 2.22. The summed E-state index contributed by atoms with van der Waals surface area (Å²) in [5.74, 6) is -0.585. The molecule has 0 unspecified atom stereocenters. The first-order valence-corrected chi connectivity index (χ1v) is 9.24. The Kier molecular flexibility index (Phi) is 6.29. The van der Waals surface area contributed by atoms with Crippen LogP contribution in [0.25, 0.3) is 0 Å². The maximum Gasteiger partial charge on any atom is 0.253 e. The van der Waals surface area contributed by atoms with Gasteiger partial charge in [-0.15, -0.1) is 0 Å². The van der Waals surface area contributed by atoms with Gasteiger partial charge in [0, 0.05) is 25.2 Å². The Morgan fingerprint density at radius 1 is 1.07 bits per heavy atom. The lowest BCUT2D eigenvalue weighted by atomic mass is 10.1. The van der Waals surface area contributed by atoms with Crippen LogP contribution < -0.4 is 10.6 Å². The highest BCUT2D eigenvalue weighted by atomic mass is 35.5. The van der Waals surface area contributed by atoms with Crippen LogP contribution in [0.1, 0.15) is 28.8 Å². The molecule has 0 aromatic heterocycles. The molecule has 0 radical (unpaired) electrons. The number of carbonyl (C=O) groups is 2. The van der Waals surface area contributed by atoms with Gasteiger partial charge in [0.15, 0.2) is 0 Å². The van der Waals surface area contributed by atoms with Crippen molar-refractivity contribution < 1.29 is 14.0 Å². The van der Waals surface area contributed by atoms with Crippen LogP contribution >= 0.6 is 11.6 Å². The number of hydrogen-bond acceptors (Lipinski definition) is 3. The number of amides is 2. The molecule has 2 aromatic carbocycles. The molecule has 142 valence electrons. The summed E-state index contributed by atoms with van der Waals surface area (Å²) in [7, 11) is 0. The number of carbonyl (C=O) groups excluding carboxylic acids is 2. The summed E-state index contributed by atoms with van der Waals surface area (Å²) in [5, 5.41) is 5.88. The lowest BCUT2D eigenvalue weighted by Gasteiger charge is -2.15. The van der Waals surface area contributed by atoms with Crippen molar-refractivity contribution in [3.8, 4) is 0 Å². The number of nitrogens with one attached hydrogen (secondary N) is 2. The number of anilines is 1. The maximum atomic E-state index is 13.0. The monoisotopic (exact) mass is 389 g/mol. The molecule has 2 N–H and O–H groups in total. The third-order valence-electron chi connectivity index (χ3n) is 4.45. The number of likely N-dealkylation sites (tertiary alicyclic amines) is 1. The van der Waals surface area contributed by atoms with Gasteiger partial charge in [-0.3, -0.25) is 9.59 Å². The van der Waals surface area contributed by atoms with E-state index in [-0.39, 0.29) is 23.4 Å². The van der Waals surface area contributed by atoms with E-state index < -0.39 is 5.82 Å². The van der Waals surface area contributed by atoms with Crippen LogP contribution in [0.5, 0.6) is 0 Å². The SMILES string of the molecule is O=C(CNc1ccc(F)cc1Cl)NCc1ccc(C(=O)N2CCCC2)cc1. The number of halogens is 2. The van der Waals surface area contributed by atoms with Gasteiger partial charge in [-0.05, 0) is 48.7 Å². The zero-order valence-corrected chi connectivity index (χ0v) is 15.6. The minimum Gasteiger partial charge on any atom is -0.375 e. The molecular weight excluding hydrogens is 369 g/mol. The Morgan fingerprint density at radius 2 is 1.78 bits per heavy atom. The smallest absolute Gasteiger partial charge is 0.253 e. The van der Waals surface area contributed by atoms with Gasteiger partial charge in [0.05, 0.1) is 17.3 Å². The van der Waals surface area contributed by atoms with Crippen LogP contribution in [0.3, 0.4) is 0 Å². The molecule has 1 saturated heterocycles.